The zero-order valence-electron chi connectivity index (χ0n) is 10.9. The third-order valence-corrected chi connectivity index (χ3v) is 2.49. The summed E-state index contributed by atoms with van der Waals surface area (Å²) >= 11 is 0. The van der Waals surface area contributed by atoms with Gasteiger partial charge in [-0.05, 0) is 31.0 Å². The van der Waals surface area contributed by atoms with E-state index in [4.69, 9.17) is 10.5 Å². The lowest BCUT2D eigenvalue weighted by molar-refractivity contribution is 0.312. The number of ether oxygens (including phenoxy) is 1. The monoisotopic (exact) mass is 260 g/mol. The van der Waals surface area contributed by atoms with Crippen LogP contribution >= 0.6 is 0 Å². The normalized spacial score (nSPS) is 10.2. The SMILES string of the molecule is CCOc1nc(N)nc(NCc2cnccc2C)n1. The molecule has 7 heteroatoms. The van der Waals surface area contributed by atoms with Crippen LogP contribution in [0.15, 0.2) is 18.5 Å². The fourth-order valence-corrected chi connectivity index (χ4v) is 1.50. The molecule has 0 aliphatic carbocycles. The molecule has 2 aromatic rings. The van der Waals surface area contributed by atoms with E-state index in [2.05, 4.69) is 25.3 Å². The van der Waals surface area contributed by atoms with Gasteiger partial charge < -0.3 is 15.8 Å². The summed E-state index contributed by atoms with van der Waals surface area (Å²) in [7, 11) is 0. The Kier molecular flexibility index (Phi) is 4.07. The molecule has 100 valence electrons. The molecule has 2 heterocycles. The molecule has 0 radical (unpaired) electrons. The Hall–Kier alpha value is -2.44. The predicted molar refractivity (Wildman–Crippen MR) is 71.7 cm³/mol. The lowest BCUT2D eigenvalue weighted by Gasteiger charge is -2.08. The third-order valence-electron chi connectivity index (χ3n) is 2.49. The Labute approximate surface area is 111 Å². The predicted octanol–water partition coefficient (Wildman–Crippen LogP) is 1.17. The molecule has 0 amide bonds. The van der Waals surface area contributed by atoms with Crippen molar-refractivity contribution < 1.29 is 4.74 Å². The van der Waals surface area contributed by atoms with Gasteiger partial charge in [0.1, 0.15) is 0 Å². The van der Waals surface area contributed by atoms with E-state index in [1.165, 1.54) is 0 Å². The van der Waals surface area contributed by atoms with Crippen LogP contribution in [0.1, 0.15) is 18.1 Å². The molecule has 0 saturated carbocycles. The van der Waals surface area contributed by atoms with Gasteiger partial charge in [-0.2, -0.15) is 15.0 Å². The van der Waals surface area contributed by atoms with Gasteiger partial charge in [0.25, 0.3) is 0 Å². The van der Waals surface area contributed by atoms with Crippen LogP contribution in [-0.2, 0) is 6.54 Å². The van der Waals surface area contributed by atoms with Gasteiger partial charge in [0.15, 0.2) is 0 Å². The van der Waals surface area contributed by atoms with E-state index in [0.717, 1.165) is 11.1 Å². The van der Waals surface area contributed by atoms with E-state index >= 15 is 0 Å². The highest BCUT2D eigenvalue weighted by Crippen LogP contribution is 2.11. The number of nitrogens with two attached hydrogens (primary N) is 1. The first-order valence-corrected chi connectivity index (χ1v) is 5.96. The molecule has 0 aliphatic rings. The number of rotatable bonds is 5. The maximum absolute atomic E-state index is 5.59. The molecule has 3 N–H and O–H groups in total. The van der Waals surface area contributed by atoms with Gasteiger partial charge >= 0.3 is 6.01 Å². The van der Waals surface area contributed by atoms with Crippen LogP contribution in [0, 0.1) is 6.92 Å². The number of nitrogens with one attached hydrogen (secondary N) is 1. The minimum atomic E-state index is 0.129. The van der Waals surface area contributed by atoms with Crippen molar-refractivity contribution in [3.8, 4) is 6.01 Å². The minimum Gasteiger partial charge on any atom is -0.464 e. The standard InChI is InChI=1S/C12H16N6O/c1-3-19-12-17-10(13)16-11(18-12)15-7-9-6-14-5-4-8(9)2/h4-6H,3,7H2,1-2H3,(H3,13,15,16,17,18). The van der Waals surface area contributed by atoms with Crippen LogP contribution in [0.5, 0.6) is 6.01 Å². The van der Waals surface area contributed by atoms with Crippen LogP contribution < -0.4 is 15.8 Å². The lowest BCUT2D eigenvalue weighted by atomic mass is 10.2. The second kappa shape index (κ2) is 5.94. The van der Waals surface area contributed by atoms with Gasteiger partial charge in [-0.25, -0.2) is 0 Å². The van der Waals surface area contributed by atoms with E-state index in [1.807, 2.05) is 19.9 Å². The van der Waals surface area contributed by atoms with Gasteiger partial charge in [-0.15, -0.1) is 0 Å². The van der Waals surface area contributed by atoms with Crippen LogP contribution in [0.4, 0.5) is 11.9 Å². The van der Waals surface area contributed by atoms with Crippen molar-refractivity contribution in [1.82, 2.24) is 19.9 Å². The molecule has 2 rings (SSSR count). The number of hydrogen-bond acceptors (Lipinski definition) is 7. The number of hydrogen-bond donors (Lipinski definition) is 2. The van der Waals surface area contributed by atoms with E-state index in [1.54, 1.807) is 12.4 Å². The van der Waals surface area contributed by atoms with Crippen molar-refractivity contribution in [3.05, 3.63) is 29.6 Å². The molecule has 0 spiro atoms. The van der Waals surface area contributed by atoms with Crippen LogP contribution in [0.2, 0.25) is 0 Å². The molecule has 0 aliphatic heterocycles. The molecular weight excluding hydrogens is 244 g/mol. The van der Waals surface area contributed by atoms with Gasteiger partial charge in [-0.1, -0.05) is 0 Å². The summed E-state index contributed by atoms with van der Waals surface area (Å²) in [5.41, 5.74) is 7.81. The van der Waals surface area contributed by atoms with E-state index in [9.17, 15) is 0 Å². The molecule has 0 unspecified atom stereocenters. The fraction of sp³-hybridized carbons (Fsp3) is 0.333. The molecule has 0 fully saturated rings. The second-order valence-corrected chi connectivity index (χ2v) is 3.89. The molecule has 2 aromatic heterocycles. The highest BCUT2D eigenvalue weighted by atomic mass is 16.5. The number of nitrogens with zero attached hydrogens (tertiary/aromatic N) is 4. The zero-order valence-corrected chi connectivity index (χ0v) is 10.9. The highest BCUT2D eigenvalue weighted by molar-refractivity contribution is 5.34. The van der Waals surface area contributed by atoms with Crippen molar-refractivity contribution in [2.24, 2.45) is 0 Å². The number of nitrogen functional groups attached to an aromatic ring is 1. The molecule has 0 atom stereocenters. The van der Waals surface area contributed by atoms with Gasteiger partial charge in [0.2, 0.25) is 11.9 Å². The molecule has 7 nitrogen and oxygen atoms in total. The van der Waals surface area contributed by atoms with Crippen LogP contribution in [0.3, 0.4) is 0 Å². The van der Waals surface area contributed by atoms with Crippen molar-refractivity contribution in [2.75, 3.05) is 17.7 Å². The average Bonchev–Trinajstić information content (AvgIpc) is 2.37. The minimum absolute atomic E-state index is 0.129. The molecular formula is C12H16N6O. The summed E-state index contributed by atoms with van der Waals surface area (Å²) in [4.78, 5) is 16.1. The van der Waals surface area contributed by atoms with E-state index in [-0.39, 0.29) is 12.0 Å². The summed E-state index contributed by atoms with van der Waals surface area (Å²) in [6.45, 7) is 4.91. The quantitative estimate of drug-likeness (QED) is 0.832. The van der Waals surface area contributed by atoms with Crippen molar-refractivity contribution >= 4 is 11.9 Å². The molecule has 19 heavy (non-hydrogen) atoms. The summed E-state index contributed by atoms with van der Waals surface area (Å²) < 4.78 is 5.21. The van der Waals surface area contributed by atoms with Crippen molar-refractivity contribution in [3.63, 3.8) is 0 Å². The Morgan fingerprint density at radius 2 is 2.16 bits per heavy atom. The topological polar surface area (TPSA) is 98.8 Å². The first kappa shape index (κ1) is 13.0. The number of anilines is 2. The number of pyridine rings is 1. The number of aryl methyl sites for hydroxylation is 1. The van der Waals surface area contributed by atoms with Crippen LogP contribution in [-0.4, -0.2) is 26.5 Å². The maximum Gasteiger partial charge on any atom is 0.323 e. The fourth-order valence-electron chi connectivity index (χ4n) is 1.50. The Morgan fingerprint density at radius 1 is 1.32 bits per heavy atom. The van der Waals surface area contributed by atoms with Crippen molar-refractivity contribution in [2.45, 2.75) is 20.4 Å². The summed E-state index contributed by atoms with van der Waals surface area (Å²) in [5, 5.41) is 3.08. The average molecular weight is 260 g/mol. The van der Waals surface area contributed by atoms with E-state index in [0.29, 0.717) is 19.1 Å². The zero-order chi connectivity index (χ0) is 13.7. The lowest BCUT2D eigenvalue weighted by Crippen LogP contribution is -2.09. The smallest absolute Gasteiger partial charge is 0.323 e. The van der Waals surface area contributed by atoms with Gasteiger partial charge in [0, 0.05) is 18.9 Å². The van der Waals surface area contributed by atoms with Gasteiger partial charge in [-0.3, -0.25) is 4.98 Å². The summed E-state index contributed by atoms with van der Waals surface area (Å²) in [5.74, 6) is 0.517. The summed E-state index contributed by atoms with van der Waals surface area (Å²) in [6.07, 6.45) is 3.56. The van der Waals surface area contributed by atoms with Gasteiger partial charge in [0.05, 0.1) is 6.61 Å². The van der Waals surface area contributed by atoms with Crippen LogP contribution in [0.25, 0.3) is 0 Å². The number of aromatic nitrogens is 4. The molecule has 0 bridgehead atoms. The Morgan fingerprint density at radius 3 is 2.89 bits per heavy atom. The first-order chi connectivity index (χ1) is 9.19. The third kappa shape index (κ3) is 3.51. The second-order valence-electron chi connectivity index (χ2n) is 3.89. The Balaban J connectivity index is 2.09. The van der Waals surface area contributed by atoms with Crippen molar-refractivity contribution in [1.29, 1.82) is 0 Å². The maximum atomic E-state index is 5.59. The molecule has 0 aromatic carbocycles. The molecule has 0 saturated heterocycles. The first-order valence-electron chi connectivity index (χ1n) is 5.96. The summed E-state index contributed by atoms with van der Waals surface area (Å²) in [6, 6.07) is 2.17. The largest absolute Gasteiger partial charge is 0.464 e. The highest BCUT2D eigenvalue weighted by Gasteiger charge is 2.05. The van der Waals surface area contributed by atoms with E-state index < -0.39 is 0 Å². The Bertz CT molecular complexity index is 560.